The fraction of sp³-hybridized carbons (Fsp3) is 0.333. The van der Waals surface area contributed by atoms with Crippen LogP contribution in [0.2, 0.25) is 0 Å². The number of fused-ring (bicyclic) bond motifs is 1. The average Bonchev–Trinajstić information content (AvgIpc) is 2.87. The van der Waals surface area contributed by atoms with E-state index in [1.165, 1.54) is 30.3 Å². The van der Waals surface area contributed by atoms with E-state index in [1.807, 2.05) is 6.92 Å². The number of hydrogen-bond donors (Lipinski definition) is 1. The number of hydrogen-bond acceptors (Lipinski definition) is 3. The minimum Gasteiger partial charge on any atom is -0.494 e. The van der Waals surface area contributed by atoms with Gasteiger partial charge in [0, 0.05) is 30.2 Å². The van der Waals surface area contributed by atoms with Crippen molar-refractivity contribution < 1.29 is 41.4 Å². The first-order chi connectivity index (χ1) is 16.0. The zero-order chi connectivity index (χ0) is 25.1. The van der Waals surface area contributed by atoms with Crippen LogP contribution in [0.25, 0.3) is 5.57 Å². The Labute approximate surface area is 192 Å². The van der Waals surface area contributed by atoms with E-state index in [9.17, 15) is 31.5 Å². The van der Waals surface area contributed by atoms with Gasteiger partial charge in [-0.15, -0.1) is 0 Å². The van der Waals surface area contributed by atoms with E-state index in [2.05, 4.69) is 0 Å². The highest BCUT2D eigenvalue weighted by Gasteiger charge is 2.43. The molecule has 1 N–H and O–H groups in total. The number of halogens is 5. The number of allylic oxidation sites excluding steroid dienone is 1. The van der Waals surface area contributed by atoms with Gasteiger partial charge in [0.25, 0.3) is 11.8 Å². The molecule has 0 saturated heterocycles. The Kier molecular flexibility index (Phi) is 7.28. The fourth-order valence-corrected chi connectivity index (χ4v) is 3.67. The second-order valence-electron chi connectivity index (χ2n) is 7.73. The topological polar surface area (TPSA) is 66.8 Å². The first-order valence-electron chi connectivity index (χ1n) is 10.5. The van der Waals surface area contributed by atoms with Crippen LogP contribution in [-0.4, -0.2) is 36.1 Å². The zero-order valence-electron chi connectivity index (χ0n) is 18.2. The summed E-state index contributed by atoms with van der Waals surface area (Å²) in [6.07, 6.45) is -4.10. The maximum Gasteiger partial charge on any atom is 0.417 e. The van der Waals surface area contributed by atoms with Crippen LogP contribution in [0, 0.1) is 0 Å². The number of para-hydroxylation sites is 1. The molecule has 0 saturated carbocycles. The number of ether oxygens (including phenoxy) is 1. The molecule has 0 aromatic heterocycles. The molecule has 34 heavy (non-hydrogen) atoms. The smallest absolute Gasteiger partial charge is 0.417 e. The molecule has 10 heteroatoms. The summed E-state index contributed by atoms with van der Waals surface area (Å²) in [7, 11) is 0. The molecule has 0 bridgehead atoms. The number of anilines is 1. The second-order valence-corrected chi connectivity index (χ2v) is 7.73. The van der Waals surface area contributed by atoms with Gasteiger partial charge in [-0.25, -0.2) is 13.6 Å². The number of alkyl halides is 5. The number of carbonyl (C=O) groups is 2. The predicted octanol–water partition coefficient (Wildman–Crippen LogP) is 6.04. The molecule has 5 nitrogen and oxygen atoms in total. The van der Waals surface area contributed by atoms with Crippen molar-refractivity contribution in [3.8, 4) is 5.75 Å². The lowest BCUT2D eigenvalue weighted by molar-refractivity contribution is -0.138. The van der Waals surface area contributed by atoms with Crippen LogP contribution in [0.1, 0.15) is 47.7 Å². The molecular weight excluding hydrogens is 461 g/mol. The van der Waals surface area contributed by atoms with Crippen LogP contribution >= 0.6 is 0 Å². The summed E-state index contributed by atoms with van der Waals surface area (Å²) in [4.78, 5) is 25.3. The van der Waals surface area contributed by atoms with Crippen molar-refractivity contribution in [3.05, 3.63) is 65.2 Å². The Bertz CT molecular complexity index is 1110. The normalized spacial score (nSPS) is 16.6. The Morgan fingerprint density at radius 1 is 1.18 bits per heavy atom. The molecule has 0 spiro atoms. The van der Waals surface area contributed by atoms with Crippen molar-refractivity contribution in [1.29, 1.82) is 0 Å². The van der Waals surface area contributed by atoms with E-state index >= 15 is 0 Å². The summed E-state index contributed by atoms with van der Waals surface area (Å²) in [5.41, 5.74) is -3.13. The molecule has 2 aromatic rings. The largest absolute Gasteiger partial charge is 0.494 e. The summed E-state index contributed by atoms with van der Waals surface area (Å²) in [5, 5.41) is 9.07. The number of carboxylic acids is 1. The monoisotopic (exact) mass is 483 g/mol. The fourth-order valence-electron chi connectivity index (χ4n) is 3.67. The number of carbonyl (C=O) groups excluding carboxylic acids is 1. The van der Waals surface area contributed by atoms with Crippen molar-refractivity contribution >= 4 is 23.1 Å². The molecule has 1 aliphatic rings. The van der Waals surface area contributed by atoms with Crippen LogP contribution in [0.4, 0.5) is 27.6 Å². The van der Waals surface area contributed by atoms with E-state index in [1.54, 1.807) is 0 Å². The van der Waals surface area contributed by atoms with Crippen molar-refractivity contribution in [3.63, 3.8) is 0 Å². The zero-order valence-corrected chi connectivity index (χ0v) is 18.2. The van der Waals surface area contributed by atoms with E-state index in [4.69, 9.17) is 9.84 Å². The van der Waals surface area contributed by atoms with Crippen molar-refractivity contribution in [2.24, 2.45) is 0 Å². The minimum absolute atomic E-state index is 0.0631. The van der Waals surface area contributed by atoms with Gasteiger partial charge in [0.1, 0.15) is 5.75 Å². The average molecular weight is 483 g/mol. The van der Waals surface area contributed by atoms with Crippen LogP contribution in [-0.2, 0) is 11.0 Å². The molecular formula is C24H22F5NO4. The van der Waals surface area contributed by atoms with Gasteiger partial charge < -0.3 is 14.7 Å². The molecule has 182 valence electrons. The number of benzene rings is 2. The molecule has 3 rings (SSSR count). The highest BCUT2D eigenvalue weighted by Crippen LogP contribution is 2.44. The maximum atomic E-state index is 14.8. The van der Waals surface area contributed by atoms with Crippen LogP contribution in [0.5, 0.6) is 5.75 Å². The summed E-state index contributed by atoms with van der Waals surface area (Å²) in [5.74, 6) is -6.42. The van der Waals surface area contributed by atoms with Gasteiger partial charge in [-0.2, -0.15) is 13.2 Å². The molecule has 1 heterocycles. The predicted molar refractivity (Wildman–Crippen MR) is 115 cm³/mol. The van der Waals surface area contributed by atoms with Gasteiger partial charge in [0.2, 0.25) is 0 Å². The number of amides is 1. The van der Waals surface area contributed by atoms with Crippen molar-refractivity contribution in [2.75, 3.05) is 18.1 Å². The van der Waals surface area contributed by atoms with Crippen LogP contribution in [0.15, 0.2) is 48.5 Å². The number of rotatable bonds is 6. The maximum absolute atomic E-state index is 14.8. The standard InChI is InChI=1S/C24H22F5NO4/c1-2-3-12-34-15-8-9-17(19(13-15)24(27,28)29)22(33)30-11-10-23(25,26)18(14-21(31)32)16-6-4-5-7-20(16)30/h4-9,13-14H,2-3,10-12H2,1H3,(H,31,32)/b18-14-. The van der Waals surface area contributed by atoms with Crippen molar-refractivity contribution in [1.82, 2.24) is 0 Å². The summed E-state index contributed by atoms with van der Waals surface area (Å²) >= 11 is 0. The first kappa shape index (κ1) is 25.2. The van der Waals surface area contributed by atoms with E-state index < -0.39 is 53.6 Å². The number of nitrogens with zero attached hydrogens (tertiary/aromatic N) is 1. The molecule has 0 unspecified atom stereocenters. The quantitative estimate of drug-likeness (QED) is 0.309. The molecule has 2 aromatic carbocycles. The van der Waals surface area contributed by atoms with Crippen molar-refractivity contribution in [2.45, 2.75) is 38.3 Å². The van der Waals surface area contributed by atoms with Gasteiger partial charge in [-0.3, -0.25) is 4.79 Å². The Hall–Kier alpha value is -3.43. The summed E-state index contributed by atoms with van der Waals surface area (Å²) in [6.45, 7) is 1.48. The van der Waals surface area contributed by atoms with E-state index in [-0.39, 0.29) is 23.6 Å². The van der Waals surface area contributed by atoms with Gasteiger partial charge in [0.05, 0.1) is 23.4 Å². The number of unbranched alkanes of at least 4 members (excludes halogenated alkanes) is 1. The Morgan fingerprint density at radius 2 is 1.88 bits per heavy atom. The molecule has 1 aliphatic heterocycles. The molecule has 0 aliphatic carbocycles. The molecule has 0 atom stereocenters. The van der Waals surface area contributed by atoms with Crippen LogP contribution in [0.3, 0.4) is 0 Å². The third-order valence-corrected chi connectivity index (χ3v) is 5.33. The van der Waals surface area contributed by atoms with Crippen LogP contribution < -0.4 is 9.64 Å². The molecule has 0 radical (unpaired) electrons. The summed E-state index contributed by atoms with van der Waals surface area (Å²) in [6, 6.07) is 8.21. The lowest BCUT2D eigenvalue weighted by Gasteiger charge is -2.24. The minimum atomic E-state index is -4.90. The SMILES string of the molecule is CCCCOc1ccc(C(=O)N2CCC(F)(F)/C(=C\C(=O)O)c3ccccc32)c(C(F)(F)F)c1. The van der Waals surface area contributed by atoms with E-state index in [0.717, 1.165) is 23.5 Å². The van der Waals surface area contributed by atoms with Gasteiger partial charge in [-0.05, 0) is 30.7 Å². The Morgan fingerprint density at radius 3 is 2.53 bits per heavy atom. The lowest BCUT2D eigenvalue weighted by atomic mass is 9.97. The summed E-state index contributed by atoms with van der Waals surface area (Å²) < 4.78 is 76.4. The molecule has 0 fully saturated rings. The Balaban J connectivity index is 2.09. The second kappa shape index (κ2) is 9.82. The lowest BCUT2D eigenvalue weighted by Crippen LogP contribution is -2.34. The van der Waals surface area contributed by atoms with E-state index in [0.29, 0.717) is 12.5 Å². The third kappa shape index (κ3) is 5.37. The van der Waals surface area contributed by atoms with Gasteiger partial charge in [-0.1, -0.05) is 31.5 Å². The molecule has 1 amide bonds. The van der Waals surface area contributed by atoms with Gasteiger partial charge in [0.15, 0.2) is 0 Å². The van der Waals surface area contributed by atoms with Gasteiger partial charge >= 0.3 is 12.1 Å². The highest BCUT2D eigenvalue weighted by atomic mass is 19.4. The highest BCUT2D eigenvalue weighted by molar-refractivity contribution is 6.09. The number of carboxylic acid groups (broad SMARTS) is 1. The third-order valence-electron chi connectivity index (χ3n) is 5.33. The first-order valence-corrected chi connectivity index (χ1v) is 10.5. The number of aliphatic carboxylic acids is 1.